The Morgan fingerprint density at radius 1 is 1.05 bits per heavy atom. The second kappa shape index (κ2) is 5.87. The zero-order chi connectivity index (χ0) is 14.7. The van der Waals surface area contributed by atoms with E-state index in [-0.39, 0.29) is 0 Å². The first kappa shape index (κ1) is 13.5. The van der Waals surface area contributed by atoms with Gasteiger partial charge in [-0.15, -0.1) is 0 Å². The summed E-state index contributed by atoms with van der Waals surface area (Å²) < 4.78 is 0. The van der Waals surface area contributed by atoms with Crippen molar-refractivity contribution in [1.29, 1.82) is 0 Å². The molecule has 0 aromatic heterocycles. The summed E-state index contributed by atoms with van der Waals surface area (Å²) in [6.45, 7) is 5.59. The molecule has 0 unspecified atom stereocenters. The molecule has 0 fully saturated rings. The monoisotopic (exact) mass is 274 g/mol. The van der Waals surface area contributed by atoms with Crippen molar-refractivity contribution in [3.8, 4) is 11.8 Å². The van der Waals surface area contributed by atoms with E-state index in [1.807, 2.05) is 18.2 Å². The van der Waals surface area contributed by atoms with Gasteiger partial charge in [0.1, 0.15) is 0 Å². The van der Waals surface area contributed by atoms with E-state index in [1.165, 1.54) is 5.56 Å². The van der Waals surface area contributed by atoms with Gasteiger partial charge < -0.3 is 10.6 Å². The van der Waals surface area contributed by atoms with Gasteiger partial charge in [0.05, 0.1) is 5.69 Å². The maximum absolute atomic E-state index is 5.71. The summed E-state index contributed by atoms with van der Waals surface area (Å²) in [6.07, 6.45) is 0.782. The number of benzene rings is 2. The van der Waals surface area contributed by atoms with Crippen molar-refractivity contribution in [2.24, 2.45) is 5.73 Å². The summed E-state index contributed by atoms with van der Waals surface area (Å²) >= 11 is 0. The first-order valence-corrected chi connectivity index (χ1v) is 7.14. The molecule has 2 nitrogen and oxygen atoms in total. The van der Waals surface area contributed by atoms with E-state index in [2.05, 4.69) is 53.7 Å². The average molecular weight is 274 g/mol. The van der Waals surface area contributed by atoms with Gasteiger partial charge in [0.15, 0.2) is 0 Å². The standard InChI is InChI=1S/C19H18N2/c1-15(12-13-20)21-14-18-8-3-2-6-16(18)10-11-17-7-4-5-9-19(17)21/h2-9H,1,12-14,20H2. The van der Waals surface area contributed by atoms with Crippen molar-refractivity contribution in [2.45, 2.75) is 13.0 Å². The fourth-order valence-corrected chi connectivity index (χ4v) is 2.57. The predicted molar refractivity (Wildman–Crippen MR) is 87.9 cm³/mol. The quantitative estimate of drug-likeness (QED) is 0.870. The molecule has 0 bridgehead atoms. The van der Waals surface area contributed by atoms with Crippen molar-refractivity contribution in [3.63, 3.8) is 0 Å². The smallest absolute Gasteiger partial charge is 0.0570 e. The molecule has 0 spiro atoms. The predicted octanol–water partition coefficient (Wildman–Crippen LogP) is 3.27. The molecule has 0 aliphatic carbocycles. The summed E-state index contributed by atoms with van der Waals surface area (Å²) in [5.74, 6) is 6.57. The van der Waals surface area contributed by atoms with Crippen LogP contribution in [0.3, 0.4) is 0 Å². The minimum Gasteiger partial charge on any atom is -0.340 e. The number of fused-ring (bicyclic) bond motifs is 2. The van der Waals surface area contributed by atoms with Crippen molar-refractivity contribution < 1.29 is 0 Å². The topological polar surface area (TPSA) is 29.3 Å². The molecular weight excluding hydrogens is 256 g/mol. The highest BCUT2D eigenvalue weighted by Gasteiger charge is 2.16. The Balaban J connectivity index is 2.14. The van der Waals surface area contributed by atoms with Crippen LogP contribution in [0.5, 0.6) is 0 Å². The highest BCUT2D eigenvalue weighted by atomic mass is 15.1. The Bertz CT molecular complexity index is 734. The molecule has 104 valence electrons. The zero-order valence-corrected chi connectivity index (χ0v) is 12.0. The van der Waals surface area contributed by atoms with E-state index in [9.17, 15) is 0 Å². The normalized spacial score (nSPS) is 12.3. The van der Waals surface area contributed by atoms with Crippen LogP contribution in [0, 0.1) is 11.8 Å². The van der Waals surface area contributed by atoms with E-state index in [1.54, 1.807) is 0 Å². The van der Waals surface area contributed by atoms with Gasteiger partial charge in [-0.05, 0) is 36.7 Å². The zero-order valence-electron chi connectivity index (χ0n) is 12.0. The summed E-state index contributed by atoms with van der Waals surface area (Å²) in [5.41, 5.74) is 11.2. The van der Waals surface area contributed by atoms with Gasteiger partial charge in [0.2, 0.25) is 0 Å². The molecule has 0 amide bonds. The number of anilines is 1. The number of hydrogen-bond acceptors (Lipinski definition) is 2. The first-order valence-electron chi connectivity index (χ1n) is 7.14. The molecule has 1 heterocycles. The first-order chi connectivity index (χ1) is 10.3. The number of hydrogen-bond donors (Lipinski definition) is 1. The van der Waals surface area contributed by atoms with Crippen LogP contribution in [-0.4, -0.2) is 6.54 Å². The van der Waals surface area contributed by atoms with Crippen LogP contribution in [0.4, 0.5) is 5.69 Å². The Labute approximate surface area is 125 Å². The second-order valence-electron chi connectivity index (χ2n) is 5.12. The molecule has 0 atom stereocenters. The summed E-state index contributed by atoms with van der Waals surface area (Å²) in [7, 11) is 0. The molecule has 2 N–H and O–H groups in total. The van der Waals surface area contributed by atoms with Gasteiger partial charge in [-0.2, -0.15) is 0 Å². The van der Waals surface area contributed by atoms with Gasteiger partial charge in [0, 0.05) is 23.4 Å². The molecule has 0 saturated carbocycles. The van der Waals surface area contributed by atoms with Crippen LogP contribution in [0.1, 0.15) is 23.1 Å². The Morgan fingerprint density at radius 2 is 1.71 bits per heavy atom. The largest absolute Gasteiger partial charge is 0.340 e. The van der Waals surface area contributed by atoms with Crippen molar-refractivity contribution in [3.05, 3.63) is 77.5 Å². The molecule has 0 saturated heterocycles. The van der Waals surface area contributed by atoms with Gasteiger partial charge in [0.25, 0.3) is 0 Å². The molecule has 3 rings (SSSR count). The summed E-state index contributed by atoms with van der Waals surface area (Å²) in [6, 6.07) is 16.5. The number of nitrogens with two attached hydrogens (primary N) is 1. The van der Waals surface area contributed by atoms with E-state index in [4.69, 9.17) is 5.73 Å². The highest BCUT2D eigenvalue weighted by Crippen LogP contribution is 2.28. The molecule has 1 aliphatic rings. The fraction of sp³-hybridized carbons (Fsp3) is 0.158. The lowest BCUT2D eigenvalue weighted by atomic mass is 10.0. The molecular formula is C19H18N2. The summed E-state index contributed by atoms with van der Waals surface area (Å²) in [5, 5.41) is 0. The lowest BCUT2D eigenvalue weighted by Gasteiger charge is -2.29. The minimum absolute atomic E-state index is 0.602. The highest BCUT2D eigenvalue weighted by molar-refractivity contribution is 5.66. The van der Waals surface area contributed by atoms with Crippen LogP contribution in [0.2, 0.25) is 0 Å². The summed E-state index contributed by atoms with van der Waals surface area (Å²) in [4.78, 5) is 2.23. The number of rotatable bonds is 3. The van der Waals surface area contributed by atoms with Gasteiger partial charge in [-0.3, -0.25) is 0 Å². The second-order valence-corrected chi connectivity index (χ2v) is 5.12. The van der Waals surface area contributed by atoms with Gasteiger partial charge in [-0.25, -0.2) is 0 Å². The molecule has 2 heteroatoms. The third kappa shape index (κ3) is 2.69. The Hall–Kier alpha value is -2.50. The van der Waals surface area contributed by atoms with E-state index >= 15 is 0 Å². The lowest BCUT2D eigenvalue weighted by molar-refractivity contribution is 0.829. The molecule has 2 aromatic rings. The van der Waals surface area contributed by atoms with Crippen LogP contribution < -0.4 is 10.6 Å². The average Bonchev–Trinajstić information content (AvgIpc) is 2.50. The molecule has 21 heavy (non-hydrogen) atoms. The van der Waals surface area contributed by atoms with Crippen LogP contribution in [0.25, 0.3) is 0 Å². The van der Waals surface area contributed by atoms with E-state index in [0.29, 0.717) is 6.54 Å². The van der Waals surface area contributed by atoms with Crippen LogP contribution >= 0.6 is 0 Å². The van der Waals surface area contributed by atoms with E-state index in [0.717, 1.165) is 35.5 Å². The third-order valence-electron chi connectivity index (χ3n) is 3.69. The lowest BCUT2D eigenvalue weighted by Crippen LogP contribution is -2.25. The minimum atomic E-state index is 0.602. The van der Waals surface area contributed by atoms with Crippen molar-refractivity contribution in [1.82, 2.24) is 0 Å². The molecule has 2 aromatic carbocycles. The van der Waals surface area contributed by atoms with Gasteiger partial charge >= 0.3 is 0 Å². The van der Waals surface area contributed by atoms with Crippen LogP contribution in [-0.2, 0) is 6.54 Å². The fourth-order valence-electron chi connectivity index (χ4n) is 2.57. The van der Waals surface area contributed by atoms with Crippen molar-refractivity contribution >= 4 is 5.69 Å². The molecule has 1 aliphatic heterocycles. The third-order valence-corrected chi connectivity index (χ3v) is 3.69. The van der Waals surface area contributed by atoms with Crippen molar-refractivity contribution in [2.75, 3.05) is 11.4 Å². The van der Waals surface area contributed by atoms with Crippen LogP contribution in [0.15, 0.2) is 60.8 Å². The Morgan fingerprint density at radius 3 is 2.52 bits per heavy atom. The maximum atomic E-state index is 5.71. The SMILES string of the molecule is C=C(CCN)N1Cc2ccccc2C#Cc2ccccc21. The molecule has 0 radical (unpaired) electrons. The maximum Gasteiger partial charge on any atom is 0.0570 e. The number of nitrogens with zero attached hydrogens (tertiary/aromatic N) is 1. The van der Waals surface area contributed by atoms with E-state index < -0.39 is 0 Å². The number of para-hydroxylation sites is 1. The van der Waals surface area contributed by atoms with Gasteiger partial charge in [-0.1, -0.05) is 48.8 Å². The Kier molecular flexibility index (Phi) is 3.77.